The quantitative estimate of drug-likeness (QED) is 0.243. The van der Waals surface area contributed by atoms with Crippen molar-refractivity contribution in [2.45, 2.75) is 6.54 Å². The summed E-state index contributed by atoms with van der Waals surface area (Å²) in [4.78, 5) is 4.53. The average molecular weight is 489 g/mol. The molecule has 0 saturated heterocycles. The number of anilines is 1. The molecule has 1 aliphatic rings. The van der Waals surface area contributed by atoms with Gasteiger partial charge in [0, 0.05) is 39.7 Å². The summed E-state index contributed by atoms with van der Waals surface area (Å²) in [5, 5.41) is 3.94. The summed E-state index contributed by atoms with van der Waals surface area (Å²) in [6.07, 6.45) is 1.75. The SMILES string of the molecule is S=P1(Oc2cccc3cccnc23)Oc2ccc3ccccc3c2CN1c1ccc(Cl)cc1. The van der Waals surface area contributed by atoms with Crippen LogP contribution >= 0.6 is 18.2 Å². The van der Waals surface area contributed by atoms with Gasteiger partial charge in [-0.25, -0.2) is 0 Å². The highest BCUT2D eigenvalue weighted by Crippen LogP contribution is 2.59. The van der Waals surface area contributed by atoms with E-state index in [2.05, 4.69) is 27.9 Å². The Bertz CT molecular complexity index is 1550. The van der Waals surface area contributed by atoms with Crippen LogP contribution in [0.1, 0.15) is 5.56 Å². The molecule has 0 aliphatic carbocycles. The summed E-state index contributed by atoms with van der Waals surface area (Å²) in [5.41, 5.74) is 2.74. The predicted molar refractivity (Wildman–Crippen MR) is 139 cm³/mol. The van der Waals surface area contributed by atoms with E-state index in [0.29, 0.717) is 17.3 Å². The summed E-state index contributed by atoms with van der Waals surface area (Å²) >= 11 is 12.3. The molecule has 1 aromatic heterocycles. The lowest BCUT2D eigenvalue weighted by Gasteiger charge is -2.39. The van der Waals surface area contributed by atoms with Crippen LogP contribution in [0, 0.1) is 0 Å². The van der Waals surface area contributed by atoms with Crippen LogP contribution in [-0.4, -0.2) is 4.98 Å². The summed E-state index contributed by atoms with van der Waals surface area (Å²) in [7, 11) is 0. The van der Waals surface area contributed by atoms with Crippen molar-refractivity contribution in [3.05, 3.63) is 108 Å². The molecule has 4 nitrogen and oxygen atoms in total. The lowest BCUT2D eigenvalue weighted by molar-refractivity contribution is 0.467. The molecule has 2 heterocycles. The summed E-state index contributed by atoms with van der Waals surface area (Å²) < 4.78 is 15.2. The first-order chi connectivity index (χ1) is 16.1. The molecular weight excluding hydrogens is 471 g/mol. The second-order valence-corrected chi connectivity index (χ2v) is 11.4. The van der Waals surface area contributed by atoms with Crippen LogP contribution in [-0.2, 0) is 18.4 Å². The first-order valence-electron chi connectivity index (χ1n) is 10.5. The van der Waals surface area contributed by atoms with Gasteiger partial charge in [0.15, 0.2) is 5.75 Å². The molecule has 7 heteroatoms. The van der Waals surface area contributed by atoms with Crippen LogP contribution in [0.3, 0.4) is 0 Å². The van der Waals surface area contributed by atoms with Gasteiger partial charge in [-0.05, 0) is 53.2 Å². The third-order valence-corrected chi connectivity index (χ3v) is 8.86. The van der Waals surface area contributed by atoms with Crippen LogP contribution in [0.25, 0.3) is 21.7 Å². The Kier molecular flexibility index (Phi) is 4.99. The van der Waals surface area contributed by atoms with Crippen LogP contribution in [0.15, 0.2) is 97.2 Å². The van der Waals surface area contributed by atoms with E-state index in [1.165, 1.54) is 0 Å². The van der Waals surface area contributed by atoms with E-state index in [9.17, 15) is 0 Å². The van der Waals surface area contributed by atoms with E-state index in [1.807, 2.05) is 72.8 Å². The van der Waals surface area contributed by atoms with Gasteiger partial charge in [0.25, 0.3) is 0 Å². The van der Waals surface area contributed by atoms with Crippen molar-refractivity contribution in [3.63, 3.8) is 0 Å². The molecular formula is C26H18ClN2O2PS. The molecule has 6 rings (SSSR count). The molecule has 0 radical (unpaired) electrons. The number of para-hydroxylation sites is 1. The van der Waals surface area contributed by atoms with Crippen LogP contribution in [0.4, 0.5) is 5.69 Å². The highest BCUT2D eigenvalue weighted by molar-refractivity contribution is 8.11. The van der Waals surface area contributed by atoms with Crippen molar-refractivity contribution >= 4 is 57.4 Å². The molecule has 0 saturated carbocycles. The molecule has 33 heavy (non-hydrogen) atoms. The number of pyridine rings is 1. The Balaban J connectivity index is 1.51. The lowest BCUT2D eigenvalue weighted by Crippen LogP contribution is -2.29. The van der Waals surface area contributed by atoms with Crippen LogP contribution in [0.2, 0.25) is 5.02 Å². The Morgan fingerprint density at radius 3 is 2.55 bits per heavy atom. The second-order valence-electron chi connectivity index (χ2n) is 7.78. The van der Waals surface area contributed by atoms with E-state index in [0.717, 1.165) is 38.7 Å². The van der Waals surface area contributed by atoms with E-state index < -0.39 is 6.64 Å². The van der Waals surface area contributed by atoms with Crippen molar-refractivity contribution in [2.75, 3.05) is 4.67 Å². The molecule has 0 fully saturated rings. The highest BCUT2D eigenvalue weighted by Gasteiger charge is 2.38. The minimum atomic E-state index is -3.01. The number of rotatable bonds is 3. The fourth-order valence-electron chi connectivity index (χ4n) is 4.16. The predicted octanol–water partition coefficient (Wildman–Crippen LogP) is 7.74. The number of aromatic nitrogens is 1. The van der Waals surface area contributed by atoms with Crippen molar-refractivity contribution < 1.29 is 9.05 Å². The Labute approximate surface area is 201 Å². The zero-order valence-electron chi connectivity index (χ0n) is 17.4. The molecule has 5 aromatic rings. The molecule has 0 N–H and O–H groups in total. The van der Waals surface area contributed by atoms with Gasteiger partial charge in [-0.15, -0.1) is 0 Å². The topological polar surface area (TPSA) is 34.6 Å². The normalized spacial score (nSPS) is 17.5. The summed E-state index contributed by atoms with van der Waals surface area (Å²) in [5.74, 6) is 1.37. The third-order valence-electron chi connectivity index (χ3n) is 5.75. The minimum absolute atomic E-state index is 0.563. The van der Waals surface area contributed by atoms with Gasteiger partial charge in [0.1, 0.15) is 11.3 Å². The van der Waals surface area contributed by atoms with Crippen LogP contribution < -0.4 is 13.7 Å². The van der Waals surface area contributed by atoms with Crippen molar-refractivity contribution in [3.8, 4) is 11.5 Å². The van der Waals surface area contributed by atoms with E-state index in [4.69, 9.17) is 32.5 Å². The molecule has 1 atom stereocenters. The van der Waals surface area contributed by atoms with E-state index in [-0.39, 0.29) is 0 Å². The van der Waals surface area contributed by atoms with Crippen molar-refractivity contribution in [1.82, 2.24) is 4.98 Å². The number of hydrogen-bond donors (Lipinski definition) is 0. The standard InChI is InChI=1S/C26H18ClN2O2PS/c27-20-11-13-21(14-12-20)29-17-23-22-8-2-1-5-18(22)10-15-24(23)30-32(29,33)31-25-9-3-6-19-7-4-16-28-26(19)25/h1-16H,17H2. The molecule has 162 valence electrons. The Morgan fingerprint density at radius 2 is 1.67 bits per heavy atom. The fourth-order valence-corrected chi connectivity index (χ4v) is 7.01. The Morgan fingerprint density at radius 1 is 0.879 bits per heavy atom. The molecule has 0 spiro atoms. The monoisotopic (exact) mass is 488 g/mol. The number of nitrogens with zero attached hydrogens (tertiary/aromatic N) is 2. The smallest absolute Gasteiger partial charge is 0.395 e. The lowest BCUT2D eigenvalue weighted by atomic mass is 10.0. The third kappa shape index (κ3) is 3.63. The largest absolute Gasteiger partial charge is 0.420 e. The van der Waals surface area contributed by atoms with Crippen molar-refractivity contribution in [2.24, 2.45) is 0 Å². The number of halogens is 1. The van der Waals surface area contributed by atoms with Crippen LogP contribution in [0.5, 0.6) is 11.5 Å². The highest BCUT2D eigenvalue weighted by atomic mass is 35.5. The second kappa shape index (κ2) is 8.03. The van der Waals surface area contributed by atoms with Gasteiger partial charge in [0.2, 0.25) is 0 Å². The van der Waals surface area contributed by atoms with Gasteiger partial charge >= 0.3 is 6.64 Å². The van der Waals surface area contributed by atoms with Crippen molar-refractivity contribution in [1.29, 1.82) is 0 Å². The molecule has 4 aromatic carbocycles. The first-order valence-corrected chi connectivity index (χ1v) is 13.4. The number of fused-ring (bicyclic) bond motifs is 4. The summed E-state index contributed by atoms with van der Waals surface area (Å²) in [6, 6.07) is 29.7. The molecule has 1 unspecified atom stereocenters. The Hall–Kier alpha value is -3.11. The molecule has 1 aliphatic heterocycles. The van der Waals surface area contributed by atoms with Gasteiger partial charge in [-0.1, -0.05) is 60.1 Å². The zero-order chi connectivity index (χ0) is 22.4. The van der Waals surface area contributed by atoms with Gasteiger partial charge in [0.05, 0.1) is 6.54 Å². The fraction of sp³-hybridized carbons (Fsp3) is 0.0385. The maximum absolute atomic E-state index is 6.56. The molecule has 0 bridgehead atoms. The molecule has 0 amide bonds. The maximum atomic E-state index is 6.56. The number of benzene rings is 4. The van der Waals surface area contributed by atoms with Gasteiger partial charge in [-0.3, -0.25) is 9.65 Å². The average Bonchev–Trinajstić information content (AvgIpc) is 2.84. The first kappa shape index (κ1) is 20.5. The van der Waals surface area contributed by atoms with Gasteiger partial charge in [-0.2, -0.15) is 0 Å². The van der Waals surface area contributed by atoms with Gasteiger partial charge < -0.3 is 9.05 Å². The van der Waals surface area contributed by atoms with E-state index in [1.54, 1.807) is 6.20 Å². The maximum Gasteiger partial charge on any atom is 0.395 e. The minimum Gasteiger partial charge on any atom is -0.420 e. The zero-order valence-corrected chi connectivity index (χ0v) is 19.9. The van der Waals surface area contributed by atoms with E-state index >= 15 is 0 Å². The summed E-state index contributed by atoms with van der Waals surface area (Å²) in [6.45, 7) is -2.45. The number of hydrogen-bond acceptors (Lipinski definition) is 4.